The predicted molar refractivity (Wildman–Crippen MR) is 119 cm³/mol. The average molecular weight is 432 g/mol. The highest BCUT2D eigenvalue weighted by molar-refractivity contribution is 5.95. The number of likely N-dealkylation sites (N-methyl/N-ethyl adjacent to an activating group) is 1. The van der Waals surface area contributed by atoms with Gasteiger partial charge in [0.1, 0.15) is 19.0 Å². The third-order valence-corrected chi connectivity index (χ3v) is 5.11. The fourth-order valence-corrected chi connectivity index (χ4v) is 3.51. The number of nitrogens with two attached hydrogens (primary N) is 1. The van der Waals surface area contributed by atoms with Gasteiger partial charge in [-0.05, 0) is 42.0 Å². The number of primary amides is 1. The average Bonchev–Trinajstić information content (AvgIpc) is 2.82. The number of para-hydroxylation sites is 3. The molecular weight excluding hydrogens is 408 g/mol. The lowest BCUT2D eigenvalue weighted by Crippen LogP contribution is -2.41. The van der Waals surface area contributed by atoms with Crippen LogP contribution in [-0.2, 0) is 6.61 Å². The summed E-state index contributed by atoms with van der Waals surface area (Å²) < 4.78 is 17.5. The topological polar surface area (TPSA) is 91.1 Å². The SMILES string of the molecule is CN(CC1COc2ccccc2O1)C(=O)c1cccc(COc2ccccc2C(N)=O)c1. The van der Waals surface area contributed by atoms with E-state index in [-0.39, 0.29) is 18.6 Å². The third-order valence-electron chi connectivity index (χ3n) is 5.11. The van der Waals surface area contributed by atoms with Crippen LogP contribution < -0.4 is 19.9 Å². The number of carbonyl (C=O) groups excluding carboxylic acids is 2. The monoisotopic (exact) mass is 432 g/mol. The molecule has 0 radical (unpaired) electrons. The van der Waals surface area contributed by atoms with Crippen molar-refractivity contribution >= 4 is 11.8 Å². The summed E-state index contributed by atoms with van der Waals surface area (Å²) in [6.45, 7) is 0.965. The van der Waals surface area contributed by atoms with E-state index < -0.39 is 5.91 Å². The van der Waals surface area contributed by atoms with Gasteiger partial charge in [-0.15, -0.1) is 0 Å². The van der Waals surface area contributed by atoms with Crippen molar-refractivity contribution in [3.63, 3.8) is 0 Å². The van der Waals surface area contributed by atoms with Crippen LogP contribution in [0.1, 0.15) is 26.3 Å². The number of hydrogen-bond donors (Lipinski definition) is 1. The first-order valence-electron chi connectivity index (χ1n) is 10.3. The van der Waals surface area contributed by atoms with Crippen LogP contribution in [-0.4, -0.2) is 43.0 Å². The molecule has 1 unspecified atom stereocenters. The Kier molecular flexibility index (Phi) is 6.26. The summed E-state index contributed by atoms with van der Waals surface area (Å²) in [5.41, 5.74) is 7.05. The number of carbonyl (C=O) groups is 2. The van der Waals surface area contributed by atoms with Gasteiger partial charge >= 0.3 is 0 Å². The van der Waals surface area contributed by atoms with Crippen LogP contribution >= 0.6 is 0 Å². The Labute approximate surface area is 186 Å². The van der Waals surface area contributed by atoms with Crippen molar-refractivity contribution in [2.45, 2.75) is 12.7 Å². The zero-order valence-electron chi connectivity index (χ0n) is 17.7. The van der Waals surface area contributed by atoms with Gasteiger partial charge in [0, 0.05) is 12.6 Å². The van der Waals surface area contributed by atoms with Crippen LogP contribution in [0.3, 0.4) is 0 Å². The maximum Gasteiger partial charge on any atom is 0.253 e. The number of fused-ring (bicyclic) bond motifs is 1. The zero-order chi connectivity index (χ0) is 22.5. The molecule has 0 saturated heterocycles. The predicted octanol–water partition coefficient (Wildman–Crippen LogP) is 3.28. The molecule has 4 rings (SSSR count). The third kappa shape index (κ3) is 4.83. The first kappa shape index (κ1) is 21.2. The molecule has 3 aromatic carbocycles. The highest BCUT2D eigenvalue weighted by Crippen LogP contribution is 2.31. The van der Waals surface area contributed by atoms with E-state index in [2.05, 4.69) is 0 Å². The summed E-state index contributed by atoms with van der Waals surface area (Å²) in [5.74, 6) is 1.11. The number of rotatable bonds is 7. The second kappa shape index (κ2) is 9.43. The molecule has 0 aliphatic carbocycles. The first-order chi connectivity index (χ1) is 15.5. The first-order valence-corrected chi connectivity index (χ1v) is 10.3. The lowest BCUT2D eigenvalue weighted by atomic mass is 10.1. The van der Waals surface area contributed by atoms with E-state index in [9.17, 15) is 9.59 Å². The zero-order valence-corrected chi connectivity index (χ0v) is 17.7. The van der Waals surface area contributed by atoms with Crippen LogP contribution in [0.4, 0.5) is 0 Å². The van der Waals surface area contributed by atoms with E-state index >= 15 is 0 Å². The normalized spacial score (nSPS) is 14.5. The van der Waals surface area contributed by atoms with Crippen molar-refractivity contribution in [1.29, 1.82) is 0 Å². The molecule has 0 saturated carbocycles. The summed E-state index contributed by atoms with van der Waals surface area (Å²) in [5, 5.41) is 0. The van der Waals surface area contributed by atoms with Gasteiger partial charge in [-0.25, -0.2) is 0 Å². The molecule has 3 aromatic rings. The molecular formula is C25H24N2O5. The second-order valence-corrected chi connectivity index (χ2v) is 7.53. The Bertz CT molecular complexity index is 1130. The van der Waals surface area contributed by atoms with E-state index in [1.54, 1.807) is 54.4 Å². The highest BCUT2D eigenvalue weighted by atomic mass is 16.6. The Morgan fingerprint density at radius 1 is 1.03 bits per heavy atom. The fraction of sp³-hybridized carbons (Fsp3) is 0.200. The summed E-state index contributed by atoms with van der Waals surface area (Å²) in [7, 11) is 1.73. The van der Waals surface area contributed by atoms with E-state index in [4.69, 9.17) is 19.9 Å². The van der Waals surface area contributed by atoms with Gasteiger partial charge in [0.25, 0.3) is 11.8 Å². The molecule has 7 nitrogen and oxygen atoms in total. The van der Waals surface area contributed by atoms with Crippen molar-refractivity contribution in [2.24, 2.45) is 5.73 Å². The Morgan fingerprint density at radius 2 is 1.78 bits per heavy atom. The number of benzene rings is 3. The lowest BCUT2D eigenvalue weighted by molar-refractivity contribution is 0.0521. The Hall–Kier alpha value is -4.00. The number of ether oxygens (including phenoxy) is 3. The molecule has 164 valence electrons. The van der Waals surface area contributed by atoms with Gasteiger partial charge in [0.15, 0.2) is 17.6 Å². The standard InChI is InChI=1S/C25H24N2O5/c1-27(14-19-16-31-22-11-4-5-12-23(22)32-19)25(29)18-8-6-7-17(13-18)15-30-21-10-3-2-9-20(21)24(26)28/h2-13,19H,14-16H2,1H3,(H2,26,28). The fourth-order valence-electron chi connectivity index (χ4n) is 3.51. The highest BCUT2D eigenvalue weighted by Gasteiger charge is 2.24. The van der Waals surface area contributed by atoms with E-state index in [1.807, 2.05) is 30.3 Å². The molecule has 0 spiro atoms. The minimum Gasteiger partial charge on any atom is -0.488 e. The summed E-state index contributed by atoms with van der Waals surface area (Å²) in [6.07, 6.45) is -0.254. The molecule has 7 heteroatoms. The molecule has 1 atom stereocenters. The minimum absolute atomic E-state index is 0.133. The maximum absolute atomic E-state index is 13.0. The molecule has 0 aromatic heterocycles. The molecule has 0 fully saturated rings. The summed E-state index contributed by atoms with van der Waals surface area (Å²) in [4.78, 5) is 26.1. The van der Waals surface area contributed by atoms with Crippen molar-refractivity contribution in [2.75, 3.05) is 20.2 Å². The van der Waals surface area contributed by atoms with E-state index in [1.165, 1.54) is 0 Å². The number of amides is 2. The molecule has 0 bridgehead atoms. The van der Waals surface area contributed by atoms with Crippen LogP contribution in [0.15, 0.2) is 72.8 Å². The van der Waals surface area contributed by atoms with Gasteiger partial charge in [0.2, 0.25) is 0 Å². The van der Waals surface area contributed by atoms with Crippen molar-refractivity contribution in [3.8, 4) is 17.2 Å². The van der Waals surface area contributed by atoms with Gasteiger partial charge < -0.3 is 24.8 Å². The second-order valence-electron chi connectivity index (χ2n) is 7.53. The van der Waals surface area contributed by atoms with Gasteiger partial charge in [0.05, 0.1) is 12.1 Å². The van der Waals surface area contributed by atoms with E-state index in [0.717, 1.165) is 5.56 Å². The summed E-state index contributed by atoms with van der Waals surface area (Å²) >= 11 is 0. The Balaban J connectivity index is 1.38. The molecule has 2 N–H and O–H groups in total. The smallest absolute Gasteiger partial charge is 0.253 e. The van der Waals surface area contributed by atoms with Crippen LogP contribution in [0.25, 0.3) is 0 Å². The van der Waals surface area contributed by atoms with Crippen LogP contribution in [0.5, 0.6) is 17.2 Å². The minimum atomic E-state index is -0.553. The van der Waals surface area contributed by atoms with Crippen molar-refractivity contribution in [3.05, 3.63) is 89.5 Å². The van der Waals surface area contributed by atoms with E-state index in [0.29, 0.717) is 41.5 Å². The maximum atomic E-state index is 13.0. The van der Waals surface area contributed by atoms with Crippen molar-refractivity contribution < 1.29 is 23.8 Å². The molecule has 1 heterocycles. The van der Waals surface area contributed by atoms with Crippen molar-refractivity contribution in [1.82, 2.24) is 4.90 Å². The molecule has 1 aliphatic rings. The lowest BCUT2D eigenvalue weighted by Gasteiger charge is -2.29. The number of hydrogen-bond acceptors (Lipinski definition) is 5. The summed E-state index contributed by atoms with van der Waals surface area (Å²) in [6, 6.07) is 21.5. The number of nitrogens with zero attached hydrogens (tertiary/aromatic N) is 1. The quantitative estimate of drug-likeness (QED) is 0.619. The Morgan fingerprint density at radius 3 is 2.59 bits per heavy atom. The van der Waals surface area contributed by atoms with Gasteiger partial charge in [-0.2, -0.15) is 0 Å². The van der Waals surface area contributed by atoms with Crippen LogP contribution in [0, 0.1) is 0 Å². The van der Waals surface area contributed by atoms with Gasteiger partial charge in [-0.1, -0.05) is 36.4 Å². The molecule has 32 heavy (non-hydrogen) atoms. The van der Waals surface area contributed by atoms with Gasteiger partial charge in [-0.3, -0.25) is 9.59 Å². The molecule has 2 amide bonds. The van der Waals surface area contributed by atoms with Crippen LogP contribution in [0.2, 0.25) is 0 Å². The largest absolute Gasteiger partial charge is 0.488 e. The molecule has 1 aliphatic heterocycles.